The maximum Gasteiger partial charge on any atom is 0.139 e. The summed E-state index contributed by atoms with van der Waals surface area (Å²) in [4.78, 5) is 10.8. The van der Waals surface area contributed by atoms with Gasteiger partial charge in [0, 0.05) is 40.1 Å². The largest absolute Gasteiger partial charge is 0.312 e. The Labute approximate surface area is 138 Å². The number of fused-ring (bicyclic) bond motifs is 1. The van der Waals surface area contributed by atoms with Crippen molar-refractivity contribution >= 4 is 27.7 Å². The van der Waals surface area contributed by atoms with E-state index in [0.717, 1.165) is 42.0 Å². The molecule has 1 aliphatic heterocycles. The SMILES string of the molecule is CCc1nc(CSc2ccccc2Br)nc2c1CNCC2. The first kappa shape index (κ1) is 15.0. The lowest BCUT2D eigenvalue weighted by atomic mass is 10.0. The van der Waals surface area contributed by atoms with E-state index in [2.05, 4.69) is 46.4 Å². The summed E-state index contributed by atoms with van der Waals surface area (Å²) in [6.07, 6.45) is 1.98. The Hall–Kier alpha value is -0.910. The van der Waals surface area contributed by atoms with E-state index in [0.29, 0.717) is 0 Å². The molecule has 0 radical (unpaired) electrons. The number of nitrogens with zero attached hydrogens (tertiary/aromatic N) is 2. The number of hydrogen-bond donors (Lipinski definition) is 1. The van der Waals surface area contributed by atoms with Crippen molar-refractivity contribution in [2.24, 2.45) is 0 Å². The van der Waals surface area contributed by atoms with E-state index in [9.17, 15) is 0 Å². The van der Waals surface area contributed by atoms with Crippen molar-refractivity contribution in [2.75, 3.05) is 6.54 Å². The van der Waals surface area contributed by atoms with Gasteiger partial charge in [0.15, 0.2) is 0 Å². The predicted octanol–water partition coefficient (Wildman–Crippen LogP) is 3.74. The standard InChI is InChI=1S/C16H18BrN3S/c1-2-13-11-9-18-8-7-14(11)20-16(19-13)10-21-15-6-4-3-5-12(15)17/h3-6,18H,2,7-10H2,1H3. The van der Waals surface area contributed by atoms with Gasteiger partial charge in [0.1, 0.15) is 5.82 Å². The Bertz CT molecular complexity index is 628. The van der Waals surface area contributed by atoms with E-state index in [1.54, 1.807) is 11.8 Å². The third kappa shape index (κ3) is 3.47. The Kier molecular flexibility index (Phi) is 4.93. The molecule has 0 atom stereocenters. The van der Waals surface area contributed by atoms with Crippen LogP contribution in [0.4, 0.5) is 0 Å². The lowest BCUT2D eigenvalue weighted by molar-refractivity contribution is 0.613. The number of nitrogens with one attached hydrogen (secondary N) is 1. The third-order valence-electron chi connectivity index (χ3n) is 3.59. The third-order valence-corrected chi connectivity index (χ3v) is 5.62. The highest BCUT2D eigenvalue weighted by Gasteiger charge is 2.16. The summed E-state index contributed by atoms with van der Waals surface area (Å²) < 4.78 is 1.13. The van der Waals surface area contributed by atoms with Crippen LogP contribution in [0.25, 0.3) is 0 Å². The minimum atomic E-state index is 0.816. The average molecular weight is 364 g/mol. The second-order valence-corrected chi connectivity index (χ2v) is 6.88. The quantitative estimate of drug-likeness (QED) is 0.839. The van der Waals surface area contributed by atoms with E-state index >= 15 is 0 Å². The summed E-state index contributed by atoms with van der Waals surface area (Å²) in [6.45, 7) is 4.10. The number of thioether (sulfide) groups is 1. The number of benzene rings is 1. The van der Waals surface area contributed by atoms with Gasteiger partial charge >= 0.3 is 0 Å². The van der Waals surface area contributed by atoms with Crippen molar-refractivity contribution in [3.8, 4) is 0 Å². The van der Waals surface area contributed by atoms with Gasteiger partial charge in [-0.2, -0.15) is 0 Å². The Morgan fingerprint density at radius 2 is 2.14 bits per heavy atom. The summed E-state index contributed by atoms with van der Waals surface area (Å²) in [7, 11) is 0. The van der Waals surface area contributed by atoms with Crippen molar-refractivity contribution in [2.45, 2.75) is 37.0 Å². The number of hydrogen-bond acceptors (Lipinski definition) is 4. The van der Waals surface area contributed by atoms with Crippen molar-refractivity contribution in [1.82, 2.24) is 15.3 Å². The summed E-state index contributed by atoms with van der Waals surface area (Å²) in [5, 5.41) is 3.41. The number of aromatic nitrogens is 2. The highest BCUT2D eigenvalue weighted by molar-refractivity contribution is 9.10. The molecule has 0 unspecified atom stereocenters. The summed E-state index contributed by atoms with van der Waals surface area (Å²) in [5.41, 5.74) is 3.76. The minimum Gasteiger partial charge on any atom is -0.312 e. The molecule has 1 aromatic carbocycles. The van der Waals surface area contributed by atoms with Crippen LogP contribution in [-0.4, -0.2) is 16.5 Å². The van der Waals surface area contributed by atoms with Crippen LogP contribution in [0.3, 0.4) is 0 Å². The van der Waals surface area contributed by atoms with Crippen LogP contribution in [0, 0.1) is 0 Å². The number of aryl methyl sites for hydroxylation is 1. The topological polar surface area (TPSA) is 37.8 Å². The maximum absolute atomic E-state index is 4.78. The lowest BCUT2D eigenvalue weighted by Gasteiger charge is -2.19. The monoisotopic (exact) mass is 363 g/mol. The van der Waals surface area contributed by atoms with Crippen molar-refractivity contribution in [1.29, 1.82) is 0 Å². The van der Waals surface area contributed by atoms with Gasteiger partial charge in [0.25, 0.3) is 0 Å². The molecule has 3 nitrogen and oxygen atoms in total. The Morgan fingerprint density at radius 1 is 1.29 bits per heavy atom. The van der Waals surface area contributed by atoms with Crippen LogP contribution < -0.4 is 5.32 Å². The maximum atomic E-state index is 4.78. The van der Waals surface area contributed by atoms with Crippen molar-refractivity contribution in [3.05, 3.63) is 51.5 Å². The first-order chi connectivity index (χ1) is 10.3. The number of halogens is 1. The zero-order chi connectivity index (χ0) is 14.7. The van der Waals surface area contributed by atoms with Gasteiger partial charge < -0.3 is 5.32 Å². The highest BCUT2D eigenvalue weighted by Crippen LogP contribution is 2.29. The molecule has 3 rings (SSSR count). The van der Waals surface area contributed by atoms with E-state index < -0.39 is 0 Å². The fraction of sp³-hybridized carbons (Fsp3) is 0.375. The van der Waals surface area contributed by atoms with Crippen LogP contribution in [-0.2, 0) is 25.1 Å². The van der Waals surface area contributed by atoms with E-state index in [4.69, 9.17) is 9.97 Å². The molecule has 0 amide bonds. The van der Waals surface area contributed by atoms with Crippen molar-refractivity contribution in [3.63, 3.8) is 0 Å². The summed E-state index contributed by atoms with van der Waals surface area (Å²) in [5.74, 6) is 1.77. The van der Waals surface area contributed by atoms with E-state index in [1.807, 2.05) is 6.07 Å². The fourth-order valence-electron chi connectivity index (χ4n) is 2.53. The first-order valence-electron chi connectivity index (χ1n) is 7.23. The molecule has 2 heterocycles. The highest BCUT2D eigenvalue weighted by atomic mass is 79.9. The molecule has 0 spiro atoms. The van der Waals surface area contributed by atoms with Crippen LogP contribution in [0.5, 0.6) is 0 Å². The molecule has 1 aliphatic rings. The molecular weight excluding hydrogens is 346 g/mol. The van der Waals surface area contributed by atoms with E-state index in [-0.39, 0.29) is 0 Å². The molecule has 0 aliphatic carbocycles. The first-order valence-corrected chi connectivity index (χ1v) is 9.01. The van der Waals surface area contributed by atoms with Crippen LogP contribution in [0.15, 0.2) is 33.6 Å². The molecule has 110 valence electrons. The molecule has 0 saturated heterocycles. The zero-order valence-corrected chi connectivity index (χ0v) is 14.4. The van der Waals surface area contributed by atoms with Gasteiger partial charge in [-0.25, -0.2) is 9.97 Å². The van der Waals surface area contributed by atoms with Gasteiger partial charge in [-0.05, 0) is 34.5 Å². The number of rotatable bonds is 4. The van der Waals surface area contributed by atoms with E-state index in [1.165, 1.54) is 21.8 Å². The van der Waals surface area contributed by atoms with Gasteiger partial charge in [0.05, 0.1) is 11.4 Å². The van der Waals surface area contributed by atoms with Gasteiger partial charge in [0.2, 0.25) is 0 Å². The normalized spacial score (nSPS) is 14.0. The average Bonchev–Trinajstić information content (AvgIpc) is 2.53. The predicted molar refractivity (Wildman–Crippen MR) is 90.5 cm³/mol. The summed E-state index contributed by atoms with van der Waals surface area (Å²) in [6, 6.07) is 8.28. The second kappa shape index (κ2) is 6.90. The molecule has 2 aromatic rings. The molecule has 5 heteroatoms. The lowest BCUT2D eigenvalue weighted by Crippen LogP contribution is -2.27. The molecule has 21 heavy (non-hydrogen) atoms. The molecule has 1 N–H and O–H groups in total. The molecule has 0 fully saturated rings. The van der Waals surface area contributed by atoms with Crippen LogP contribution in [0.1, 0.15) is 29.7 Å². The van der Waals surface area contributed by atoms with Gasteiger partial charge in [-0.3, -0.25) is 0 Å². The molecule has 0 bridgehead atoms. The summed E-state index contributed by atoms with van der Waals surface area (Å²) >= 11 is 5.37. The molecule has 0 saturated carbocycles. The Balaban J connectivity index is 1.81. The van der Waals surface area contributed by atoms with Crippen LogP contribution >= 0.6 is 27.7 Å². The van der Waals surface area contributed by atoms with Gasteiger partial charge in [-0.1, -0.05) is 19.1 Å². The molecule has 1 aromatic heterocycles. The Morgan fingerprint density at radius 3 is 2.95 bits per heavy atom. The second-order valence-electron chi connectivity index (χ2n) is 5.01. The zero-order valence-electron chi connectivity index (χ0n) is 12.0. The molecular formula is C16H18BrN3S. The van der Waals surface area contributed by atoms with Gasteiger partial charge in [-0.15, -0.1) is 11.8 Å². The minimum absolute atomic E-state index is 0.816. The fourth-order valence-corrected chi connectivity index (χ4v) is 3.95. The smallest absolute Gasteiger partial charge is 0.139 e. The van der Waals surface area contributed by atoms with Crippen molar-refractivity contribution < 1.29 is 0 Å². The van der Waals surface area contributed by atoms with Crippen LogP contribution in [0.2, 0.25) is 0 Å².